The smallest absolute Gasteiger partial charge is 0.243 e. The number of imidazole rings is 1. The summed E-state index contributed by atoms with van der Waals surface area (Å²) in [6.07, 6.45) is 9.15. The summed E-state index contributed by atoms with van der Waals surface area (Å²) < 4.78 is 14.1. The normalized spacial score (nSPS) is 22.7. The van der Waals surface area contributed by atoms with Gasteiger partial charge in [-0.15, -0.1) is 0 Å². The number of aromatic amines is 1. The minimum absolute atomic E-state index is 0.0760. The molecular weight excluding hydrogens is 473 g/mol. The molecule has 2 saturated carbocycles. The summed E-state index contributed by atoms with van der Waals surface area (Å²) >= 11 is 0. The van der Waals surface area contributed by atoms with E-state index in [0.29, 0.717) is 23.3 Å². The SMILES string of the molecule is CC[C@H]1CCCCN1C(=O)CC(NC(=O)C1CC2(CCC2)C1)C(=O)NC(C)c1nc2c(F)cccc2[nH]1. The maximum absolute atomic E-state index is 14.1. The van der Waals surface area contributed by atoms with E-state index in [-0.39, 0.29) is 35.7 Å². The zero-order valence-electron chi connectivity index (χ0n) is 21.8. The summed E-state index contributed by atoms with van der Waals surface area (Å²) in [5.41, 5.74) is 1.09. The van der Waals surface area contributed by atoms with Gasteiger partial charge in [-0.2, -0.15) is 0 Å². The molecule has 2 unspecified atom stereocenters. The van der Waals surface area contributed by atoms with Gasteiger partial charge in [0.1, 0.15) is 17.4 Å². The lowest BCUT2D eigenvalue weighted by molar-refractivity contribution is -0.142. The fourth-order valence-electron chi connectivity index (χ4n) is 6.40. The molecule has 3 N–H and O–H groups in total. The highest BCUT2D eigenvalue weighted by Crippen LogP contribution is 2.58. The quantitative estimate of drug-likeness (QED) is 0.495. The Hall–Kier alpha value is -2.97. The molecule has 2 aromatic rings. The maximum atomic E-state index is 14.1. The van der Waals surface area contributed by atoms with Crippen LogP contribution in [0.4, 0.5) is 4.39 Å². The minimum Gasteiger partial charge on any atom is -0.345 e. The first-order valence-electron chi connectivity index (χ1n) is 13.8. The van der Waals surface area contributed by atoms with E-state index in [4.69, 9.17) is 0 Å². The van der Waals surface area contributed by atoms with E-state index in [0.717, 1.165) is 38.5 Å². The Bertz CT molecular complexity index is 1170. The molecule has 3 atom stereocenters. The summed E-state index contributed by atoms with van der Waals surface area (Å²) in [6, 6.07) is 3.30. The van der Waals surface area contributed by atoms with E-state index >= 15 is 0 Å². The fourth-order valence-corrected chi connectivity index (χ4v) is 6.40. The van der Waals surface area contributed by atoms with Crippen molar-refractivity contribution in [2.24, 2.45) is 11.3 Å². The lowest BCUT2D eigenvalue weighted by atomic mass is 9.51. The Morgan fingerprint density at radius 3 is 2.65 bits per heavy atom. The molecule has 8 nitrogen and oxygen atoms in total. The van der Waals surface area contributed by atoms with Crippen LogP contribution < -0.4 is 10.6 Å². The monoisotopic (exact) mass is 511 g/mol. The molecule has 1 spiro atoms. The Balaban J connectivity index is 1.28. The average molecular weight is 512 g/mol. The highest BCUT2D eigenvalue weighted by Gasteiger charge is 2.51. The number of benzene rings is 1. The molecule has 1 aliphatic heterocycles. The molecule has 3 amide bonds. The van der Waals surface area contributed by atoms with Crippen molar-refractivity contribution in [3.63, 3.8) is 0 Å². The van der Waals surface area contributed by atoms with Crippen molar-refractivity contribution in [2.45, 2.75) is 96.2 Å². The van der Waals surface area contributed by atoms with E-state index < -0.39 is 23.8 Å². The molecule has 1 saturated heterocycles. The van der Waals surface area contributed by atoms with Crippen LogP contribution in [0.1, 0.15) is 89.9 Å². The molecule has 0 radical (unpaired) electrons. The van der Waals surface area contributed by atoms with Crippen molar-refractivity contribution in [1.82, 2.24) is 25.5 Å². The number of H-pyrrole nitrogens is 1. The van der Waals surface area contributed by atoms with Crippen LogP contribution in [0.3, 0.4) is 0 Å². The van der Waals surface area contributed by atoms with Crippen molar-refractivity contribution in [3.05, 3.63) is 29.8 Å². The topological polar surface area (TPSA) is 107 Å². The summed E-state index contributed by atoms with van der Waals surface area (Å²) in [4.78, 5) is 49.1. The van der Waals surface area contributed by atoms with Gasteiger partial charge in [0.25, 0.3) is 0 Å². The Labute approximate surface area is 217 Å². The summed E-state index contributed by atoms with van der Waals surface area (Å²) in [7, 11) is 0. The van der Waals surface area contributed by atoms with Gasteiger partial charge in [-0.3, -0.25) is 14.4 Å². The number of nitrogens with zero attached hydrogens (tertiary/aromatic N) is 2. The molecule has 9 heteroatoms. The lowest BCUT2D eigenvalue weighted by Gasteiger charge is -2.53. The van der Waals surface area contributed by atoms with Gasteiger partial charge < -0.3 is 20.5 Å². The second-order valence-electron chi connectivity index (χ2n) is 11.4. The predicted octanol–water partition coefficient (Wildman–Crippen LogP) is 4.13. The number of aromatic nitrogens is 2. The van der Waals surface area contributed by atoms with Crippen LogP contribution >= 0.6 is 0 Å². The minimum atomic E-state index is -0.971. The number of halogens is 1. The van der Waals surface area contributed by atoms with Crippen molar-refractivity contribution in [2.75, 3.05) is 6.54 Å². The van der Waals surface area contributed by atoms with E-state index in [2.05, 4.69) is 27.5 Å². The number of para-hydroxylation sites is 1. The molecule has 37 heavy (non-hydrogen) atoms. The molecule has 2 heterocycles. The highest BCUT2D eigenvalue weighted by molar-refractivity contribution is 5.93. The molecular formula is C28H38FN5O3. The average Bonchev–Trinajstić information content (AvgIpc) is 3.28. The van der Waals surface area contributed by atoms with Crippen LogP contribution in [-0.2, 0) is 14.4 Å². The zero-order chi connectivity index (χ0) is 26.2. The summed E-state index contributed by atoms with van der Waals surface area (Å²) in [5.74, 6) is -0.800. The number of carbonyl (C=O) groups excluding carboxylic acids is 3. The van der Waals surface area contributed by atoms with Crippen LogP contribution in [0.15, 0.2) is 18.2 Å². The Morgan fingerprint density at radius 2 is 1.97 bits per heavy atom. The third kappa shape index (κ3) is 5.22. The second-order valence-corrected chi connectivity index (χ2v) is 11.4. The van der Waals surface area contributed by atoms with Gasteiger partial charge >= 0.3 is 0 Å². The standard InChI is InChI=1S/C28H38FN5O3/c1-3-19-8-4-5-13-34(19)23(35)14-22(32-26(36)18-15-28(16-18)11-7-12-28)27(37)30-17(2)25-31-21-10-6-9-20(29)24(21)33-25/h6,9-10,17-19,22H,3-5,7-8,11-16H2,1-2H3,(H,30,37)(H,31,33)(H,32,36)/t17?,19-,22?/m0/s1. The molecule has 0 bridgehead atoms. The number of nitrogens with one attached hydrogen (secondary N) is 3. The van der Waals surface area contributed by atoms with Gasteiger partial charge in [0.2, 0.25) is 17.7 Å². The van der Waals surface area contributed by atoms with E-state index in [9.17, 15) is 18.8 Å². The fraction of sp³-hybridized carbons (Fsp3) is 0.643. The van der Waals surface area contributed by atoms with E-state index in [1.54, 1.807) is 19.1 Å². The van der Waals surface area contributed by atoms with E-state index in [1.807, 2.05) is 4.90 Å². The number of likely N-dealkylation sites (tertiary alicyclic amines) is 1. The summed E-state index contributed by atoms with van der Waals surface area (Å²) in [6.45, 7) is 4.51. The third-order valence-electron chi connectivity index (χ3n) is 8.82. The molecule has 1 aromatic heterocycles. The first-order valence-corrected chi connectivity index (χ1v) is 13.8. The first kappa shape index (κ1) is 25.7. The molecule has 3 fully saturated rings. The number of hydrogen-bond acceptors (Lipinski definition) is 4. The van der Waals surface area contributed by atoms with Gasteiger partial charge in [-0.05, 0) is 75.8 Å². The van der Waals surface area contributed by atoms with Crippen LogP contribution in [0.2, 0.25) is 0 Å². The number of amides is 3. The van der Waals surface area contributed by atoms with Gasteiger partial charge in [-0.25, -0.2) is 9.37 Å². The van der Waals surface area contributed by atoms with Crippen LogP contribution in [0.5, 0.6) is 0 Å². The third-order valence-corrected chi connectivity index (χ3v) is 8.82. The Morgan fingerprint density at radius 1 is 1.19 bits per heavy atom. The van der Waals surface area contributed by atoms with Crippen LogP contribution in [0.25, 0.3) is 11.0 Å². The molecule has 2 aliphatic carbocycles. The zero-order valence-corrected chi connectivity index (χ0v) is 21.8. The van der Waals surface area contributed by atoms with Crippen molar-refractivity contribution in [3.8, 4) is 0 Å². The van der Waals surface area contributed by atoms with Crippen molar-refractivity contribution < 1.29 is 18.8 Å². The van der Waals surface area contributed by atoms with Gasteiger partial charge in [0.05, 0.1) is 18.0 Å². The largest absolute Gasteiger partial charge is 0.345 e. The molecule has 200 valence electrons. The van der Waals surface area contributed by atoms with Crippen LogP contribution in [0, 0.1) is 17.2 Å². The maximum Gasteiger partial charge on any atom is 0.243 e. The number of piperidine rings is 1. The lowest BCUT2D eigenvalue weighted by Crippen LogP contribution is -2.55. The summed E-state index contributed by atoms with van der Waals surface area (Å²) in [5, 5.41) is 5.80. The predicted molar refractivity (Wildman–Crippen MR) is 138 cm³/mol. The number of hydrogen-bond donors (Lipinski definition) is 3. The van der Waals surface area contributed by atoms with Gasteiger partial charge in [0, 0.05) is 18.5 Å². The van der Waals surface area contributed by atoms with E-state index in [1.165, 1.54) is 25.3 Å². The van der Waals surface area contributed by atoms with Gasteiger partial charge in [-0.1, -0.05) is 19.4 Å². The number of carbonyl (C=O) groups is 3. The number of fused-ring (bicyclic) bond motifs is 1. The number of rotatable bonds is 8. The second kappa shape index (κ2) is 10.4. The van der Waals surface area contributed by atoms with Crippen LogP contribution in [-0.4, -0.2) is 51.2 Å². The molecule has 3 aliphatic rings. The Kier molecular flexibility index (Phi) is 7.23. The van der Waals surface area contributed by atoms with Crippen molar-refractivity contribution in [1.29, 1.82) is 0 Å². The first-order chi connectivity index (χ1) is 17.8. The molecule has 1 aromatic carbocycles. The molecule has 5 rings (SSSR count). The highest BCUT2D eigenvalue weighted by atomic mass is 19.1. The van der Waals surface area contributed by atoms with Gasteiger partial charge in [0.15, 0.2) is 5.82 Å². The van der Waals surface area contributed by atoms with Crippen molar-refractivity contribution >= 4 is 28.8 Å².